The zero-order valence-electron chi connectivity index (χ0n) is 28.9. The van der Waals surface area contributed by atoms with E-state index in [4.69, 9.17) is 12.3 Å². The fourth-order valence-corrected chi connectivity index (χ4v) is 25.0. The molecule has 7 aromatic carbocycles. The Bertz CT molecular complexity index is 1910. The fraction of sp³-hybridized carbons (Fsp3) is 0.0455. The summed E-state index contributed by atoms with van der Waals surface area (Å²) in [5.74, 6) is 0. The third-order valence-electron chi connectivity index (χ3n) is 9.09. The first-order chi connectivity index (χ1) is 25.1. The highest BCUT2D eigenvalue weighted by atomic mass is 28.5. The first kappa shape index (κ1) is 34.7. The lowest BCUT2D eigenvalue weighted by atomic mass is 10.3. The van der Waals surface area contributed by atoms with E-state index < -0.39 is 34.5 Å². The molecule has 0 aromatic heterocycles. The number of rotatable bonds is 13. The van der Waals surface area contributed by atoms with Crippen molar-refractivity contribution in [1.82, 2.24) is 0 Å². The van der Waals surface area contributed by atoms with Crippen LogP contribution in [0.2, 0.25) is 13.1 Å². The van der Waals surface area contributed by atoms with Crippen LogP contribution in [0.4, 0.5) is 0 Å². The monoisotopic (exact) mass is 729 g/mol. The molecule has 0 N–H and O–H groups in total. The Hall–Kier alpha value is -4.71. The van der Waals surface area contributed by atoms with Gasteiger partial charge in [-0.2, -0.15) is 0 Å². The van der Waals surface area contributed by atoms with Crippen molar-refractivity contribution < 1.29 is 12.3 Å². The fourth-order valence-electron chi connectivity index (χ4n) is 6.88. The molecule has 0 atom stereocenters. The molecular weight excluding hydrogens is 689 g/mol. The molecule has 0 bridgehead atoms. The van der Waals surface area contributed by atoms with Crippen LogP contribution in [-0.4, -0.2) is 34.5 Å². The summed E-state index contributed by atoms with van der Waals surface area (Å²) in [7, 11) is -12.0. The third kappa shape index (κ3) is 6.98. The Kier molecular flexibility index (Phi) is 10.7. The molecule has 251 valence electrons. The summed E-state index contributed by atoms with van der Waals surface area (Å²) in [4.78, 5) is 0. The normalized spacial score (nSPS) is 12.1. The molecule has 1 radical (unpaired) electrons. The maximum Gasteiger partial charge on any atom is 0.389 e. The van der Waals surface area contributed by atoms with Gasteiger partial charge in [0.15, 0.2) is 9.04 Å². The summed E-state index contributed by atoms with van der Waals surface area (Å²) in [6.45, 7) is 4.40. The van der Waals surface area contributed by atoms with Gasteiger partial charge in [-0.15, -0.1) is 0 Å². The Labute approximate surface area is 307 Å². The highest BCUT2D eigenvalue weighted by Gasteiger charge is 2.59. The van der Waals surface area contributed by atoms with Crippen LogP contribution in [0.5, 0.6) is 0 Å². The lowest BCUT2D eigenvalue weighted by Crippen LogP contribution is -2.82. The van der Waals surface area contributed by atoms with Crippen LogP contribution in [0.15, 0.2) is 212 Å². The van der Waals surface area contributed by atoms with Gasteiger partial charge in [-0.3, -0.25) is 0 Å². The summed E-state index contributed by atoms with van der Waals surface area (Å²) in [6.07, 6.45) is 0. The van der Waals surface area contributed by atoms with Crippen LogP contribution in [0.3, 0.4) is 0 Å². The molecule has 0 heterocycles. The first-order valence-corrected chi connectivity index (χ1v) is 25.3. The molecule has 0 saturated heterocycles. The maximum atomic E-state index is 8.46. The Morgan fingerprint density at radius 3 is 0.784 bits per heavy atom. The maximum absolute atomic E-state index is 8.46. The Balaban J connectivity index is 1.63. The Morgan fingerprint density at radius 1 is 0.294 bits per heavy atom. The summed E-state index contributed by atoms with van der Waals surface area (Å²) < 4.78 is 24.2. The zero-order valence-corrected chi connectivity index (χ0v) is 32.9. The number of hydrogen-bond acceptors (Lipinski definition) is 3. The summed E-state index contributed by atoms with van der Waals surface area (Å²) in [5, 5.41) is 7.63. The number of benzene rings is 7. The Morgan fingerprint density at radius 2 is 0.529 bits per heavy atom. The molecule has 0 fully saturated rings. The average Bonchev–Trinajstić information content (AvgIpc) is 3.21. The molecule has 0 spiro atoms. The van der Waals surface area contributed by atoms with Crippen molar-refractivity contribution in [1.29, 1.82) is 0 Å². The van der Waals surface area contributed by atoms with E-state index in [2.05, 4.69) is 225 Å². The van der Waals surface area contributed by atoms with Crippen molar-refractivity contribution in [2.45, 2.75) is 13.1 Å². The standard InChI is InChI=1S/C44H41O3Si4/c1-48(2)45-50(41-30-16-6-17-31-41,42-32-18-7-19-33-42)47-51(43-34-20-8-21-35-43,44-36-22-9-23-37-44)46-49(38-24-10-3-11-25-38,39-26-12-4-13-27-39)40-28-14-5-15-29-40/h3-37H,1-2H3. The van der Waals surface area contributed by atoms with Crippen molar-refractivity contribution in [2.24, 2.45) is 0 Å². The van der Waals surface area contributed by atoms with Gasteiger partial charge in [-0.1, -0.05) is 212 Å². The molecule has 0 saturated carbocycles. The van der Waals surface area contributed by atoms with Gasteiger partial charge in [0, 0.05) is 0 Å². The van der Waals surface area contributed by atoms with Gasteiger partial charge in [0.25, 0.3) is 8.32 Å². The van der Waals surface area contributed by atoms with Gasteiger partial charge in [0.2, 0.25) is 0 Å². The SMILES string of the molecule is C[Si](C)O[Si](O[Si](O[Si](c1ccccc1)(c1ccccc1)c1ccccc1)(c1ccccc1)c1ccccc1)(c1ccccc1)c1ccccc1. The van der Waals surface area contributed by atoms with Crippen molar-refractivity contribution in [3.63, 3.8) is 0 Å². The molecule has 0 aliphatic carbocycles. The van der Waals surface area contributed by atoms with E-state index in [1.54, 1.807) is 0 Å². The molecule has 0 aliphatic rings. The third-order valence-corrected chi connectivity index (χ3v) is 24.4. The molecule has 51 heavy (non-hydrogen) atoms. The highest BCUT2D eigenvalue weighted by molar-refractivity contribution is 7.15. The van der Waals surface area contributed by atoms with E-state index in [0.29, 0.717) is 0 Å². The second-order valence-corrected chi connectivity index (χ2v) is 24.8. The molecule has 0 aliphatic heterocycles. The predicted molar refractivity (Wildman–Crippen MR) is 221 cm³/mol. The molecule has 0 unspecified atom stereocenters. The van der Waals surface area contributed by atoms with Crippen molar-refractivity contribution >= 4 is 70.8 Å². The van der Waals surface area contributed by atoms with Crippen LogP contribution >= 0.6 is 0 Å². The number of hydrogen-bond donors (Lipinski definition) is 0. The van der Waals surface area contributed by atoms with E-state index in [1.807, 2.05) is 0 Å². The van der Waals surface area contributed by atoms with E-state index >= 15 is 0 Å². The summed E-state index contributed by atoms with van der Waals surface area (Å²) >= 11 is 0. The lowest BCUT2D eigenvalue weighted by Gasteiger charge is -2.47. The highest BCUT2D eigenvalue weighted by Crippen LogP contribution is 2.25. The first-order valence-electron chi connectivity index (χ1n) is 17.3. The molecule has 7 heteroatoms. The van der Waals surface area contributed by atoms with Crippen LogP contribution in [-0.2, 0) is 12.3 Å². The van der Waals surface area contributed by atoms with Crippen molar-refractivity contribution in [3.05, 3.63) is 212 Å². The van der Waals surface area contributed by atoms with Gasteiger partial charge in [-0.05, 0) is 49.4 Å². The molecule has 3 nitrogen and oxygen atoms in total. The summed E-state index contributed by atoms with van der Waals surface area (Å²) in [5.41, 5.74) is 0. The second-order valence-electron chi connectivity index (χ2n) is 12.7. The smallest absolute Gasteiger partial charge is 0.389 e. The minimum Gasteiger partial charge on any atom is -0.430 e. The van der Waals surface area contributed by atoms with Gasteiger partial charge in [0.1, 0.15) is 0 Å². The van der Waals surface area contributed by atoms with Gasteiger partial charge in [-0.25, -0.2) is 0 Å². The quantitative estimate of drug-likeness (QED) is 0.117. The van der Waals surface area contributed by atoms with E-state index in [9.17, 15) is 0 Å². The van der Waals surface area contributed by atoms with E-state index in [0.717, 1.165) is 36.3 Å². The predicted octanol–water partition coefficient (Wildman–Crippen LogP) is 5.47. The minimum absolute atomic E-state index is 1.03. The zero-order chi connectivity index (χ0) is 35.0. The van der Waals surface area contributed by atoms with Gasteiger partial charge >= 0.3 is 17.1 Å². The molecular formula is C44H41O3Si4. The van der Waals surface area contributed by atoms with Crippen LogP contribution in [0.1, 0.15) is 0 Å². The molecule has 0 amide bonds. The van der Waals surface area contributed by atoms with E-state index in [1.165, 1.54) is 0 Å². The molecule has 7 rings (SSSR count). The largest absolute Gasteiger partial charge is 0.430 e. The lowest BCUT2D eigenvalue weighted by molar-refractivity contribution is 0.364. The van der Waals surface area contributed by atoms with Gasteiger partial charge < -0.3 is 12.3 Å². The molecule has 7 aromatic rings. The van der Waals surface area contributed by atoms with Crippen molar-refractivity contribution in [3.8, 4) is 0 Å². The topological polar surface area (TPSA) is 27.7 Å². The van der Waals surface area contributed by atoms with Crippen LogP contribution in [0.25, 0.3) is 0 Å². The van der Waals surface area contributed by atoms with E-state index in [-0.39, 0.29) is 0 Å². The minimum atomic E-state index is -3.78. The average molecular weight is 730 g/mol. The second kappa shape index (κ2) is 15.7. The van der Waals surface area contributed by atoms with Crippen LogP contribution in [0, 0.1) is 0 Å². The van der Waals surface area contributed by atoms with Gasteiger partial charge in [0.05, 0.1) is 0 Å². The summed E-state index contributed by atoms with van der Waals surface area (Å²) in [6, 6.07) is 74.9. The van der Waals surface area contributed by atoms with Crippen LogP contribution < -0.4 is 36.3 Å². The van der Waals surface area contributed by atoms with Crippen molar-refractivity contribution in [2.75, 3.05) is 0 Å².